The van der Waals surface area contributed by atoms with Crippen LogP contribution in [0.15, 0.2) is 18.2 Å². The highest BCUT2D eigenvalue weighted by Crippen LogP contribution is 2.37. The lowest BCUT2D eigenvalue weighted by Gasteiger charge is -1.98. The summed E-state index contributed by atoms with van der Waals surface area (Å²) in [5.74, 6) is 0.434. The van der Waals surface area contributed by atoms with Gasteiger partial charge in [-0.1, -0.05) is 29.0 Å². The molecule has 0 saturated heterocycles. The fourth-order valence-corrected chi connectivity index (χ4v) is 2.61. The van der Waals surface area contributed by atoms with Gasteiger partial charge in [0.05, 0.1) is 9.72 Å². The molecule has 1 aromatic carbocycles. The lowest BCUT2D eigenvalue weighted by Crippen LogP contribution is -1.77. The van der Waals surface area contributed by atoms with E-state index in [1.165, 1.54) is 11.3 Å². The van der Waals surface area contributed by atoms with E-state index in [0.717, 1.165) is 15.6 Å². The Morgan fingerprint density at radius 1 is 1.38 bits per heavy atom. The zero-order chi connectivity index (χ0) is 9.42. The molecule has 0 aliphatic carbocycles. The van der Waals surface area contributed by atoms with E-state index in [1.54, 1.807) is 12.1 Å². The smallest absolute Gasteiger partial charge is 0.172 e. The van der Waals surface area contributed by atoms with Gasteiger partial charge in [-0.25, -0.2) is 0 Å². The van der Waals surface area contributed by atoms with Crippen LogP contribution in [-0.2, 0) is 5.88 Å². The molecule has 0 unspecified atom stereocenters. The third-order valence-electron chi connectivity index (χ3n) is 1.86. The van der Waals surface area contributed by atoms with Gasteiger partial charge in [0.1, 0.15) is 0 Å². The van der Waals surface area contributed by atoms with Crippen molar-refractivity contribution < 1.29 is 5.11 Å². The van der Waals surface area contributed by atoms with E-state index in [-0.39, 0.29) is 5.06 Å². The molecule has 1 nitrogen and oxygen atoms in total. The second-order valence-electron chi connectivity index (χ2n) is 2.67. The highest BCUT2D eigenvalue weighted by molar-refractivity contribution is 7.21. The Kier molecular flexibility index (Phi) is 2.37. The third-order valence-corrected chi connectivity index (χ3v) is 3.54. The van der Waals surface area contributed by atoms with E-state index in [4.69, 9.17) is 23.2 Å². The van der Waals surface area contributed by atoms with Crippen molar-refractivity contribution in [2.45, 2.75) is 5.88 Å². The summed E-state index contributed by atoms with van der Waals surface area (Å²) in [6.07, 6.45) is 0. The van der Waals surface area contributed by atoms with E-state index in [9.17, 15) is 5.11 Å². The number of hydrogen-bond acceptors (Lipinski definition) is 2. The molecule has 13 heavy (non-hydrogen) atoms. The number of thiophene rings is 1. The molecule has 4 heteroatoms. The van der Waals surface area contributed by atoms with E-state index in [0.29, 0.717) is 10.9 Å². The normalized spacial score (nSPS) is 10.9. The van der Waals surface area contributed by atoms with Crippen molar-refractivity contribution in [3.63, 3.8) is 0 Å². The van der Waals surface area contributed by atoms with Gasteiger partial charge in [0, 0.05) is 11.3 Å². The van der Waals surface area contributed by atoms with Gasteiger partial charge < -0.3 is 5.11 Å². The zero-order valence-corrected chi connectivity index (χ0v) is 8.88. The van der Waals surface area contributed by atoms with Gasteiger partial charge >= 0.3 is 0 Å². The maximum Gasteiger partial charge on any atom is 0.172 e. The number of benzene rings is 1. The first-order chi connectivity index (χ1) is 6.22. The summed E-state index contributed by atoms with van der Waals surface area (Å²) in [4.78, 5) is 0. The zero-order valence-electron chi connectivity index (χ0n) is 6.55. The molecule has 68 valence electrons. The minimum Gasteiger partial charge on any atom is -0.499 e. The van der Waals surface area contributed by atoms with Crippen LogP contribution in [-0.4, -0.2) is 5.11 Å². The summed E-state index contributed by atoms with van der Waals surface area (Å²) in [7, 11) is 0. The van der Waals surface area contributed by atoms with Gasteiger partial charge in [0.15, 0.2) is 5.06 Å². The van der Waals surface area contributed by atoms with Gasteiger partial charge in [-0.15, -0.1) is 11.6 Å². The molecule has 0 radical (unpaired) electrons. The number of aromatic hydroxyl groups is 1. The number of hydrogen-bond donors (Lipinski definition) is 1. The maximum absolute atomic E-state index is 9.32. The Morgan fingerprint density at radius 2 is 2.15 bits per heavy atom. The quantitative estimate of drug-likeness (QED) is 0.738. The van der Waals surface area contributed by atoms with Crippen LogP contribution in [0.5, 0.6) is 5.06 Å². The third kappa shape index (κ3) is 1.50. The second kappa shape index (κ2) is 3.37. The number of alkyl halides is 1. The molecular weight excluding hydrogens is 227 g/mol. The molecule has 2 aromatic rings. The Balaban J connectivity index is 2.83. The number of halogens is 2. The topological polar surface area (TPSA) is 20.2 Å². The van der Waals surface area contributed by atoms with Crippen LogP contribution in [0.3, 0.4) is 0 Å². The van der Waals surface area contributed by atoms with Crippen LogP contribution in [0.25, 0.3) is 10.1 Å². The van der Waals surface area contributed by atoms with Crippen molar-refractivity contribution >= 4 is 44.6 Å². The highest BCUT2D eigenvalue weighted by Gasteiger charge is 2.08. The summed E-state index contributed by atoms with van der Waals surface area (Å²) in [5.41, 5.74) is 0.998. The van der Waals surface area contributed by atoms with Gasteiger partial charge in [-0.3, -0.25) is 0 Å². The van der Waals surface area contributed by atoms with E-state index >= 15 is 0 Å². The second-order valence-corrected chi connectivity index (χ2v) is 4.37. The number of fused-ring (bicyclic) bond motifs is 1. The van der Waals surface area contributed by atoms with Gasteiger partial charge in [-0.2, -0.15) is 0 Å². The van der Waals surface area contributed by atoms with Gasteiger partial charge in [-0.05, 0) is 17.7 Å². The fourth-order valence-electron chi connectivity index (χ4n) is 1.25. The largest absolute Gasteiger partial charge is 0.499 e. The molecule has 0 amide bonds. The predicted molar refractivity (Wildman–Crippen MR) is 58.1 cm³/mol. The van der Waals surface area contributed by atoms with Gasteiger partial charge in [0.2, 0.25) is 0 Å². The van der Waals surface area contributed by atoms with Crippen molar-refractivity contribution in [1.29, 1.82) is 0 Å². The molecule has 0 fully saturated rings. The lowest BCUT2D eigenvalue weighted by molar-refractivity contribution is 0.491. The van der Waals surface area contributed by atoms with E-state index in [2.05, 4.69) is 0 Å². The first-order valence-electron chi connectivity index (χ1n) is 3.68. The average Bonchev–Trinajstić information content (AvgIpc) is 2.48. The average molecular weight is 233 g/mol. The van der Waals surface area contributed by atoms with E-state index in [1.807, 2.05) is 6.07 Å². The molecule has 0 spiro atoms. The molecule has 0 bridgehead atoms. The van der Waals surface area contributed by atoms with Crippen LogP contribution in [0.4, 0.5) is 0 Å². The van der Waals surface area contributed by atoms with Gasteiger partial charge in [0.25, 0.3) is 0 Å². The molecule has 0 aliphatic rings. The lowest BCUT2D eigenvalue weighted by atomic mass is 10.1. The van der Waals surface area contributed by atoms with Crippen LogP contribution in [0.1, 0.15) is 5.56 Å². The highest BCUT2D eigenvalue weighted by atomic mass is 35.5. The molecule has 0 saturated carbocycles. The molecular formula is C9H6Cl2OS. The SMILES string of the molecule is Oc1cc2c(CCl)ccc(Cl)c2s1. The van der Waals surface area contributed by atoms with Crippen LogP contribution in [0.2, 0.25) is 5.02 Å². The summed E-state index contributed by atoms with van der Waals surface area (Å²) in [5, 5.41) is 11.2. The maximum atomic E-state index is 9.32. The first-order valence-corrected chi connectivity index (χ1v) is 5.41. The summed E-state index contributed by atoms with van der Waals surface area (Å²) in [6, 6.07) is 5.38. The van der Waals surface area contributed by atoms with Crippen LogP contribution in [0, 0.1) is 0 Å². The van der Waals surface area contributed by atoms with Crippen molar-refractivity contribution in [3.05, 3.63) is 28.8 Å². The standard InChI is InChI=1S/C9H6Cl2OS/c10-4-5-1-2-7(11)9-6(5)3-8(12)13-9/h1-3,12H,4H2. The molecule has 2 rings (SSSR count). The van der Waals surface area contributed by atoms with Crippen LogP contribution < -0.4 is 0 Å². The Morgan fingerprint density at radius 3 is 2.85 bits per heavy atom. The molecule has 1 N–H and O–H groups in total. The van der Waals surface area contributed by atoms with Crippen molar-refractivity contribution in [1.82, 2.24) is 0 Å². The van der Waals surface area contributed by atoms with E-state index < -0.39 is 0 Å². The molecule has 1 heterocycles. The molecule has 0 atom stereocenters. The van der Waals surface area contributed by atoms with Crippen molar-refractivity contribution in [3.8, 4) is 5.06 Å². The Bertz CT molecular complexity index is 450. The minimum absolute atomic E-state index is 0.273. The predicted octanol–water partition coefficient (Wildman–Crippen LogP) is 4.00. The van der Waals surface area contributed by atoms with Crippen LogP contribution >= 0.6 is 34.5 Å². The molecule has 1 aromatic heterocycles. The number of rotatable bonds is 1. The minimum atomic E-state index is 0.273. The van der Waals surface area contributed by atoms with Crippen molar-refractivity contribution in [2.24, 2.45) is 0 Å². The fraction of sp³-hybridized carbons (Fsp3) is 0.111. The summed E-state index contributed by atoms with van der Waals surface area (Å²) < 4.78 is 0.900. The summed E-state index contributed by atoms with van der Waals surface area (Å²) in [6.45, 7) is 0. The Labute approximate surface area is 89.5 Å². The van der Waals surface area contributed by atoms with Crippen molar-refractivity contribution in [2.75, 3.05) is 0 Å². The Hall–Kier alpha value is -0.440. The summed E-state index contributed by atoms with van der Waals surface area (Å²) >= 11 is 13.0. The monoisotopic (exact) mass is 232 g/mol. The molecule has 0 aliphatic heterocycles. The first kappa shape index (κ1) is 9.13.